The van der Waals surface area contributed by atoms with Crippen LogP contribution in [0.2, 0.25) is 0 Å². The number of fused-ring (bicyclic) bond motifs is 1. The van der Waals surface area contributed by atoms with Crippen molar-refractivity contribution >= 4 is 34.6 Å². The molecule has 1 unspecified atom stereocenters. The molecule has 0 radical (unpaired) electrons. The summed E-state index contributed by atoms with van der Waals surface area (Å²) in [5.74, 6) is -0.447. The number of amides is 1. The van der Waals surface area contributed by atoms with Crippen molar-refractivity contribution in [1.82, 2.24) is 24.8 Å². The fraction of sp³-hybridized carbons (Fsp3) is 0.462. The van der Waals surface area contributed by atoms with Crippen LogP contribution in [0.15, 0.2) is 30.3 Å². The van der Waals surface area contributed by atoms with Gasteiger partial charge < -0.3 is 15.5 Å². The lowest BCUT2D eigenvalue weighted by Gasteiger charge is -2.27. The Morgan fingerprint density at radius 3 is 2.74 bits per heavy atom. The Kier molecular flexibility index (Phi) is 6.69. The molecule has 2 N–H and O–H groups in total. The molecular formula is C26H31FN6OS. The van der Waals surface area contributed by atoms with E-state index in [4.69, 9.17) is 12.2 Å². The molecule has 0 spiro atoms. The first-order chi connectivity index (χ1) is 16.9. The fourth-order valence-corrected chi connectivity index (χ4v) is 4.92. The summed E-state index contributed by atoms with van der Waals surface area (Å²) in [5.41, 5.74) is 3.26. The van der Waals surface area contributed by atoms with E-state index in [9.17, 15) is 4.79 Å². The summed E-state index contributed by atoms with van der Waals surface area (Å²) in [6.07, 6.45) is 7.22. The topological polar surface area (TPSA) is 74.6 Å². The minimum Gasteiger partial charge on any atom is -0.360 e. The number of hydrogen-bond acceptors (Lipinski definition) is 4. The van der Waals surface area contributed by atoms with Gasteiger partial charge in [-0.05, 0) is 75.5 Å². The van der Waals surface area contributed by atoms with Gasteiger partial charge in [0.25, 0.3) is 5.91 Å². The monoisotopic (exact) mass is 494 g/mol. The average Bonchev–Trinajstić information content (AvgIpc) is 3.58. The Morgan fingerprint density at radius 2 is 2.00 bits per heavy atom. The molecule has 2 aromatic heterocycles. The molecule has 9 heteroatoms. The van der Waals surface area contributed by atoms with Gasteiger partial charge in [0, 0.05) is 41.6 Å². The standard InChI is InChI=1S/C26H31FN6OS/c1-3-19-14-23(25(34)32-12-6-4-5-7-16(32)2)30-24-15-22(31-33(19)24)20-11-10-18(13-21(20)27)29-26(35)28-17-8-9-17/h10-11,13-17H,3-9,12H2,1-2H3,(H2,28,29,35). The van der Waals surface area contributed by atoms with Gasteiger partial charge in [0.15, 0.2) is 10.8 Å². The van der Waals surface area contributed by atoms with Crippen molar-refractivity contribution in [3.63, 3.8) is 0 Å². The summed E-state index contributed by atoms with van der Waals surface area (Å²) in [4.78, 5) is 19.9. The lowest BCUT2D eigenvalue weighted by molar-refractivity contribution is 0.0692. The van der Waals surface area contributed by atoms with E-state index >= 15 is 4.39 Å². The average molecular weight is 495 g/mol. The molecule has 1 aliphatic heterocycles. The second-order valence-electron chi connectivity index (χ2n) is 9.55. The Morgan fingerprint density at radius 1 is 1.17 bits per heavy atom. The normalized spacial score (nSPS) is 18.4. The number of anilines is 1. The quantitative estimate of drug-likeness (QED) is 0.489. The summed E-state index contributed by atoms with van der Waals surface area (Å²) < 4.78 is 16.8. The summed E-state index contributed by atoms with van der Waals surface area (Å²) >= 11 is 5.29. The zero-order valence-electron chi connectivity index (χ0n) is 20.2. The van der Waals surface area contributed by atoms with Crippen LogP contribution >= 0.6 is 12.2 Å². The van der Waals surface area contributed by atoms with Gasteiger partial charge in [-0.1, -0.05) is 19.8 Å². The van der Waals surface area contributed by atoms with Gasteiger partial charge in [-0.3, -0.25) is 4.79 Å². The maximum atomic E-state index is 15.1. The number of aryl methyl sites for hydroxylation is 1. The van der Waals surface area contributed by atoms with Crippen molar-refractivity contribution < 1.29 is 9.18 Å². The highest BCUT2D eigenvalue weighted by Crippen LogP contribution is 2.27. The number of likely N-dealkylation sites (tertiary alicyclic amines) is 1. The minimum atomic E-state index is -0.402. The first-order valence-corrected chi connectivity index (χ1v) is 12.9. The first-order valence-electron chi connectivity index (χ1n) is 12.5. The van der Waals surface area contributed by atoms with E-state index in [0.29, 0.717) is 45.9 Å². The molecule has 1 aliphatic carbocycles. The van der Waals surface area contributed by atoms with Gasteiger partial charge in [-0.2, -0.15) is 5.10 Å². The molecule has 1 amide bonds. The van der Waals surface area contributed by atoms with Gasteiger partial charge in [-0.15, -0.1) is 0 Å². The third kappa shape index (κ3) is 5.15. The second kappa shape index (κ2) is 9.89. The number of thiocarbonyl (C=S) groups is 1. The number of carbonyl (C=O) groups excluding carboxylic acids is 1. The smallest absolute Gasteiger partial charge is 0.272 e. The number of halogens is 1. The van der Waals surface area contributed by atoms with Crippen molar-refractivity contribution in [1.29, 1.82) is 0 Å². The van der Waals surface area contributed by atoms with Crippen molar-refractivity contribution in [2.45, 2.75) is 70.9 Å². The predicted molar refractivity (Wildman–Crippen MR) is 139 cm³/mol. The van der Waals surface area contributed by atoms with Crippen LogP contribution < -0.4 is 10.6 Å². The fourth-order valence-electron chi connectivity index (χ4n) is 4.63. The van der Waals surface area contributed by atoms with E-state index in [1.807, 2.05) is 17.9 Å². The second-order valence-corrected chi connectivity index (χ2v) is 9.96. The number of hydrogen-bond donors (Lipinski definition) is 2. The van der Waals surface area contributed by atoms with Crippen LogP contribution in [-0.2, 0) is 6.42 Å². The van der Waals surface area contributed by atoms with Gasteiger partial charge in [0.2, 0.25) is 0 Å². The summed E-state index contributed by atoms with van der Waals surface area (Å²) in [6.45, 7) is 4.87. The number of benzene rings is 1. The van der Waals surface area contributed by atoms with E-state index in [0.717, 1.165) is 50.8 Å². The highest BCUT2D eigenvalue weighted by Gasteiger charge is 2.26. The first kappa shape index (κ1) is 23.7. The molecule has 2 fully saturated rings. The van der Waals surface area contributed by atoms with Gasteiger partial charge in [0.1, 0.15) is 11.5 Å². The molecule has 1 saturated carbocycles. The Labute approximate surface area is 210 Å². The van der Waals surface area contributed by atoms with Crippen LogP contribution in [0.3, 0.4) is 0 Å². The zero-order chi connectivity index (χ0) is 24.5. The molecule has 3 heterocycles. The number of carbonyl (C=O) groups is 1. The van der Waals surface area contributed by atoms with Crippen LogP contribution in [0.1, 0.15) is 68.6 Å². The maximum Gasteiger partial charge on any atom is 0.272 e. The molecule has 1 saturated heterocycles. The molecule has 3 aromatic rings. The number of rotatable bonds is 5. The van der Waals surface area contributed by atoms with Crippen LogP contribution in [0.5, 0.6) is 0 Å². The molecule has 1 atom stereocenters. The van der Waals surface area contributed by atoms with Crippen molar-refractivity contribution in [2.24, 2.45) is 0 Å². The molecule has 1 aromatic carbocycles. The number of nitrogens with one attached hydrogen (secondary N) is 2. The maximum absolute atomic E-state index is 15.1. The van der Waals surface area contributed by atoms with Crippen molar-refractivity contribution in [2.75, 3.05) is 11.9 Å². The molecule has 2 aliphatic rings. The molecule has 5 rings (SSSR count). The number of aromatic nitrogens is 3. The van der Waals surface area contributed by atoms with Crippen molar-refractivity contribution in [3.05, 3.63) is 47.5 Å². The Balaban J connectivity index is 1.42. The number of nitrogens with zero attached hydrogens (tertiary/aromatic N) is 4. The van der Waals surface area contributed by atoms with E-state index < -0.39 is 5.82 Å². The molecule has 184 valence electrons. The van der Waals surface area contributed by atoms with Gasteiger partial charge in [0.05, 0.1) is 5.69 Å². The van der Waals surface area contributed by atoms with Crippen molar-refractivity contribution in [3.8, 4) is 11.3 Å². The molecule has 0 bridgehead atoms. The molecular weight excluding hydrogens is 463 g/mol. The zero-order valence-corrected chi connectivity index (χ0v) is 21.0. The van der Waals surface area contributed by atoms with E-state index in [-0.39, 0.29) is 11.9 Å². The SMILES string of the molecule is CCc1cc(C(=O)N2CCCCCC2C)nc2cc(-c3ccc(NC(=S)NC4CC4)cc3F)nn12. The Hall–Kier alpha value is -3.07. The summed E-state index contributed by atoms with van der Waals surface area (Å²) in [5, 5.41) is 11.3. The lowest BCUT2D eigenvalue weighted by atomic mass is 10.1. The van der Waals surface area contributed by atoms with Crippen LogP contribution in [0.4, 0.5) is 10.1 Å². The predicted octanol–water partition coefficient (Wildman–Crippen LogP) is 4.95. The third-order valence-corrected chi connectivity index (χ3v) is 7.03. The minimum absolute atomic E-state index is 0.0447. The van der Waals surface area contributed by atoms with Gasteiger partial charge >= 0.3 is 0 Å². The van der Waals surface area contributed by atoms with Crippen LogP contribution in [0.25, 0.3) is 16.9 Å². The van der Waals surface area contributed by atoms with E-state index in [1.165, 1.54) is 6.07 Å². The summed E-state index contributed by atoms with van der Waals surface area (Å²) in [7, 11) is 0. The largest absolute Gasteiger partial charge is 0.360 e. The van der Waals surface area contributed by atoms with E-state index in [2.05, 4.69) is 27.6 Å². The van der Waals surface area contributed by atoms with E-state index in [1.54, 1.807) is 22.7 Å². The lowest BCUT2D eigenvalue weighted by Crippen LogP contribution is -2.38. The third-order valence-electron chi connectivity index (χ3n) is 6.81. The molecule has 7 nitrogen and oxygen atoms in total. The van der Waals surface area contributed by atoms with Crippen LogP contribution in [-0.4, -0.2) is 49.1 Å². The van der Waals surface area contributed by atoms with Gasteiger partial charge in [-0.25, -0.2) is 13.9 Å². The Bertz CT molecular complexity index is 1270. The molecule has 35 heavy (non-hydrogen) atoms. The summed E-state index contributed by atoms with van der Waals surface area (Å²) in [6, 6.07) is 9.08. The highest BCUT2D eigenvalue weighted by molar-refractivity contribution is 7.80. The van der Waals surface area contributed by atoms with Crippen LogP contribution in [0, 0.1) is 5.82 Å². The highest BCUT2D eigenvalue weighted by atomic mass is 32.1.